The lowest BCUT2D eigenvalue weighted by atomic mass is 10.2. The molecular formula is C7H12O3. The Morgan fingerprint density at radius 3 is 2.20 bits per heavy atom. The van der Waals surface area contributed by atoms with Crippen LogP contribution in [0.5, 0.6) is 0 Å². The van der Waals surface area contributed by atoms with Crippen LogP contribution in [0.3, 0.4) is 0 Å². The Hall–Kier alpha value is -0.990. The highest BCUT2D eigenvalue weighted by molar-refractivity contribution is 5.86. The van der Waals surface area contributed by atoms with Crippen LogP contribution in [0.2, 0.25) is 0 Å². The van der Waals surface area contributed by atoms with Crippen LogP contribution in [0.25, 0.3) is 0 Å². The van der Waals surface area contributed by atoms with E-state index in [4.69, 9.17) is 10.2 Å². The van der Waals surface area contributed by atoms with Crippen molar-refractivity contribution in [3.8, 4) is 0 Å². The zero-order valence-corrected chi connectivity index (χ0v) is 6.22. The molecule has 58 valence electrons. The van der Waals surface area contributed by atoms with Crippen molar-refractivity contribution in [2.75, 3.05) is 0 Å². The molecule has 0 fully saturated rings. The molecule has 10 heavy (non-hydrogen) atoms. The topological polar surface area (TPSA) is 57.5 Å². The SMILES string of the molecule is CCC/C(O)=C(/C)C(=O)O. The zero-order valence-electron chi connectivity index (χ0n) is 6.22. The van der Waals surface area contributed by atoms with Crippen molar-refractivity contribution in [3.05, 3.63) is 11.3 Å². The van der Waals surface area contributed by atoms with Gasteiger partial charge in [-0.2, -0.15) is 0 Å². The van der Waals surface area contributed by atoms with Crippen molar-refractivity contribution in [1.29, 1.82) is 0 Å². The number of aliphatic carboxylic acids is 1. The van der Waals surface area contributed by atoms with Gasteiger partial charge in [-0.25, -0.2) is 4.79 Å². The lowest BCUT2D eigenvalue weighted by molar-refractivity contribution is -0.132. The molecule has 2 N–H and O–H groups in total. The fraction of sp³-hybridized carbons (Fsp3) is 0.571. The minimum Gasteiger partial charge on any atom is -0.512 e. The molecule has 0 aliphatic rings. The summed E-state index contributed by atoms with van der Waals surface area (Å²) in [6, 6.07) is 0. The standard InChI is InChI=1S/C7H12O3/c1-3-4-6(8)5(2)7(9)10/h8H,3-4H2,1-2H3,(H,9,10)/b6-5+. The van der Waals surface area contributed by atoms with Crippen molar-refractivity contribution in [2.24, 2.45) is 0 Å². The van der Waals surface area contributed by atoms with Gasteiger partial charge in [0.25, 0.3) is 0 Å². The molecule has 0 spiro atoms. The molecule has 0 aliphatic heterocycles. The number of carbonyl (C=O) groups is 1. The number of carboxylic acids is 1. The molecule has 0 saturated carbocycles. The Morgan fingerprint density at radius 2 is 1.90 bits per heavy atom. The number of hydrogen-bond donors (Lipinski definition) is 2. The number of carboxylic acid groups (broad SMARTS) is 1. The summed E-state index contributed by atoms with van der Waals surface area (Å²) in [4.78, 5) is 10.2. The molecule has 0 aliphatic carbocycles. The van der Waals surface area contributed by atoms with E-state index in [0.717, 1.165) is 6.42 Å². The number of aliphatic hydroxyl groups excluding tert-OH is 1. The van der Waals surface area contributed by atoms with Gasteiger partial charge in [0.2, 0.25) is 0 Å². The third kappa shape index (κ3) is 2.53. The molecule has 0 rings (SSSR count). The zero-order chi connectivity index (χ0) is 8.15. The number of hydrogen-bond acceptors (Lipinski definition) is 2. The highest BCUT2D eigenvalue weighted by atomic mass is 16.4. The van der Waals surface area contributed by atoms with E-state index in [1.807, 2.05) is 6.92 Å². The van der Waals surface area contributed by atoms with E-state index in [-0.39, 0.29) is 11.3 Å². The largest absolute Gasteiger partial charge is 0.512 e. The second kappa shape index (κ2) is 3.93. The van der Waals surface area contributed by atoms with Gasteiger partial charge in [0.05, 0.1) is 5.57 Å². The minimum absolute atomic E-state index is 0.0185. The maximum Gasteiger partial charge on any atom is 0.334 e. The van der Waals surface area contributed by atoms with E-state index in [9.17, 15) is 4.79 Å². The third-order valence-corrected chi connectivity index (χ3v) is 1.24. The summed E-state index contributed by atoms with van der Waals surface area (Å²) in [6.07, 6.45) is 1.20. The summed E-state index contributed by atoms with van der Waals surface area (Å²) in [5.41, 5.74) is 0.0434. The average Bonchev–Trinajstić information content (AvgIpc) is 1.87. The van der Waals surface area contributed by atoms with Gasteiger partial charge in [-0.3, -0.25) is 0 Å². The van der Waals surface area contributed by atoms with E-state index in [1.54, 1.807) is 0 Å². The molecular weight excluding hydrogens is 132 g/mol. The Kier molecular flexibility index (Phi) is 3.54. The first-order valence-corrected chi connectivity index (χ1v) is 3.21. The number of allylic oxidation sites excluding steroid dienone is 1. The van der Waals surface area contributed by atoms with Gasteiger partial charge in [0.15, 0.2) is 0 Å². The van der Waals surface area contributed by atoms with E-state index in [2.05, 4.69) is 0 Å². The van der Waals surface area contributed by atoms with Crippen LogP contribution in [0.4, 0.5) is 0 Å². The summed E-state index contributed by atoms with van der Waals surface area (Å²) in [5, 5.41) is 17.3. The van der Waals surface area contributed by atoms with Gasteiger partial charge in [0.1, 0.15) is 5.76 Å². The summed E-state index contributed by atoms with van der Waals surface area (Å²) in [5.74, 6) is -1.07. The lowest BCUT2D eigenvalue weighted by Gasteiger charge is -1.98. The van der Waals surface area contributed by atoms with Crippen molar-refractivity contribution in [3.63, 3.8) is 0 Å². The first-order valence-electron chi connectivity index (χ1n) is 3.21. The molecule has 0 bridgehead atoms. The van der Waals surface area contributed by atoms with Gasteiger partial charge in [-0.05, 0) is 13.3 Å². The molecule has 0 heterocycles. The smallest absolute Gasteiger partial charge is 0.334 e. The average molecular weight is 144 g/mol. The molecule has 0 aromatic carbocycles. The summed E-state index contributed by atoms with van der Waals surface area (Å²) < 4.78 is 0. The predicted molar refractivity (Wildman–Crippen MR) is 37.9 cm³/mol. The highest BCUT2D eigenvalue weighted by Gasteiger charge is 2.05. The van der Waals surface area contributed by atoms with Crippen LogP contribution < -0.4 is 0 Å². The monoisotopic (exact) mass is 144 g/mol. The Morgan fingerprint density at radius 1 is 1.40 bits per heavy atom. The van der Waals surface area contributed by atoms with Gasteiger partial charge in [0, 0.05) is 6.42 Å². The number of rotatable bonds is 3. The first kappa shape index (κ1) is 9.01. The van der Waals surface area contributed by atoms with E-state index >= 15 is 0 Å². The fourth-order valence-corrected chi connectivity index (χ4v) is 0.548. The van der Waals surface area contributed by atoms with Crippen molar-refractivity contribution in [2.45, 2.75) is 26.7 Å². The lowest BCUT2D eigenvalue weighted by Crippen LogP contribution is -2.00. The maximum atomic E-state index is 10.2. The van der Waals surface area contributed by atoms with E-state index < -0.39 is 5.97 Å². The minimum atomic E-state index is -1.05. The van der Waals surface area contributed by atoms with Crippen LogP contribution in [0.15, 0.2) is 11.3 Å². The van der Waals surface area contributed by atoms with Crippen molar-refractivity contribution in [1.82, 2.24) is 0 Å². The summed E-state index contributed by atoms with van der Waals surface area (Å²) in [7, 11) is 0. The van der Waals surface area contributed by atoms with E-state index in [0.29, 0.717) is 6.42 Å². The Bertz CT molecular complexity index is 158. The van der Waals surface area contributed by atoms with Crippen molar-refractivity contribution >= 4 is 5.97 Å². The third-order valence-electron chi connectivity index (χ3n) is 1.24. The highest BCUT2D eigenvalue weighted by Crippen LogP contribution is 2.06. The molecule has 0 aromatic heterocycles. The molecule has 3 heteroatoms. The molecule has 0 saturated heterocycles. The molecule has 0 radical (unpaired) electrons. The summed E-state index contributed by atoms with van der Waals surface area (Å²) >= 11 is 0. The predicted octanol–water partition coefficient (Wildman–Crippen LogP) is 1.70. The second-order valence-corrected chi connectivity index (χ2v) is 2.13. The summed E-state index contributed by atoms with van der Waals surface area (Å²) in [6.45, 7) is 3.28. The van der Waals surface area contributed by atoms with Crippen LogP contribution in [0, 0.1) is 0 Å². The van der Waals surface area contributed by atoms with Gasteiger partial charge < -0.3 is 10.2 Å². The van der Waals surface area contributed by atoms with Gasteiger partial charge in [-0.15, -0.1) is 0 Å². The molecule has 3 nitrogen and oxygen atoms in total. The van der Waals surface area contributed by atoms with Gasteiger partial charge in [-0.1, -0.05) is 6.92 Å². The van der Waals surface area contributed by atoms with Crippen molar-refractivity contribution < 1.29 is 15.0 Å². The van der Waals surface area contributed by atoms with Crippen LogP contribution in [0.1, 0.15) is 26.7 Å². The van der Waals surface area contributed by atoms with Gasteiger partial charge >= 0.3 is 5.97 Å². The molecule has 0 atom stereocenters. The second-order valence-electron chi connectivity index (χ2n) is 2.13. The molecule has 0 unspecified atom stereocenters. The fourth-order valence-electron chi connectivity index (χ4n) is 0.548. The van der Waals surface area contributed by atoms with Crippen LogP contribution >= 0.6 is 0 Å². The number of aliphatic hydroxyl groups is 1. The molecule has 0 aromatic rings. The van der Waals surface area contributed by atoms with E-state index in [1.165, 1.54) is 6.92 Å². The van der Waals surface area contributed by atoms with Crippen LogP contribution in [-0.4, -0.2) is 16.2 Å². The first-order chi connectivity index (χ1) is 4.59. The Labute approximate surface area is 60.0 Å². The molecule has 0 amide bonds. The Balaban J connectivity index is 4.19. The normalized spacial score (nSPS) is 12.6. The maximum absolute atomic E-state index is 10.2. The van der Waals surface area contributed by atoms with Crippen LogP contribution in [-0.2, 0) is 4.79 Å². The quantitative estimate of drug-likeness (QED) is 0.468.